The van der Waals surface area contributed by atoms with Crippen LogP contribution < -0.4 is 10.5 Å². The van der Waals surface area contributed by atoms with Crippen molar-refractivity contribution in [2.45, 2.75) is 32.2 Å². The van der Waals surface area contributed by atoms with E-state index >= 15 is 0 Å². The van der Waals surface area contributed by atoms with Crippen LogP contribution in [0.1, 0.15) is 35.2 Å². The molecule has 1 saturated heterocycles. The number of carbonyl (C=O) groups excluding carboxylic acids is 1. The van der Waals surface area contributed by atoms with Crippen molar-refractivity contribution in [2.24, 2.45) is 0 Å². The third-order valence-electron chi connectivity index (χ3n) is 6.90. The Kier molecular flexibility index (Phi) is 5.43. The normalized spacial score (nSPS) is 17.4. The molecule has 2 aliphatic rings. The van der Waals surface area contributed by atoms with E-state index in [-0.39, 0.29) is 5.56 Å². The first-order valence-corrected chi connectivity index (χ1v) is 11.2. The maximum Gasteiger partial charge on any atom is 0.337 e. The summed E-state index contributed by atoms with van der Waals surface area (Å²) in [5.74, 6) is -0.434. The number of hydrogen-bond donors (Lipinski definition) is 0. The van der Waals surface area contributed by atoms with Gasteiger partial charge >= 0.3 is 5.97 Å². The Morgan fingerprint density at radius 3 is 2.53 bits per heavy atom. The number of carbonyl (C=O) groups is 1. The molecule has 0 bridgehead atoms. The molecule has 2 fully saturated rings. The first-order chi connectivity index (χ1) is 15.5. The molecule has 3 aromatic rings. The number of anilines is 1. The zero-order chi connectivity index (χ0) is 22.2. The van der Waals surface area contributed by atoms with Crippen LogP contribution in [0.4, 0.5) is 5.69 Å². The molecule has 7 heteroatoms. The molecule has 0 N–H and O–H groups in total. The topological polar surface area (TPSA) is 67.7 Å². The number of ether oxygens (including phenoxy) is 1. The van der Waals surface area contributed by atoms with Crippen LogP contribution in [0, 0.1) is 6.92 Å². The Hall–Kier alpha value is -3.19. The van der Waals surface area contributed by atoms with Gasteiger partial charge in [-0.2, -0.15) is 0 Å². The van der Waals surface area contributed by atoms with Gasteiger partial charge in [0.2, 0.25) is 0 Å². The maximum absolute atomic E-state index is 13.4. The highest BCUT2D eigenvalue weighted by molar-refractivity contribution is 5.90. The van der Waals surface area contributed by atoms with Gasteiger partial charge in [0, 0.05) is 37.9 Å². The van der Waals surface area contributed by atoms with E-state index in [4.69, 9.17) is 4.74 Å². The number of esters is 1. The number of benzene rings is 2. The van der Waals surface area contributed by atoms with E-state index in [1.165, 1.54) is 37.3 Å². The van der Waals surface area contributed by atoms with Gasteiger partial charge in [-0.05, 0) is 55.7 Å². The summed E-state index contributed by atoms with van der Waals surface area (Å²) < 4.78 is 6.35. The van der Waals surface area contributed by atoms with Gasteiger partial charge in [-0.1, -0.05) is 12.5 Å². The first kappa shape index (κ1) is 20.7. The second-order valence-corrected chi connectivity index (χ2v) is 8.72. The van der Waals surface area contributed by atoms with Gasteiger partial charge in [0.05, 0.1) is 29.3 Å². The summed E-state index contributed by atoms with van der Waals surface area (Å²) in [6, 6.07) is 11.9. The molecule has 32 heavy (non-hydrogen) atoms. The van der Waals surface area contributed by atoms with E-state index in [2.05, 4.69) is 20.9 Å². The molecule has 2 heterocycles. The van der Waals surface area contributed by atoms with E-state index in [0.717, 1.165) is 43.5 Å². The largest absolute Gasteiger partial charge is 0.465 e. The van der Waals surface area contributed by atoms with Crippen LogP contribution in [0.3, 0.4) is 0 Å². The molecular formula is C25H28N4O3. The lowest BCUT2D eigenvalue weighted by Crippen LogP contribution is -2.52. The van der Waals surface area contributed by atoms with Crippen LogP contribution in [-0.2, 0) is 4.74 Å². The average Bonchev–Trinajstić information content (AvgIpc) is 2.79. The van der Waals surface area contributed by atoms with Gasteiger partial charge < -0.3 is 9.64 Å². The summed E-state index contributed by atoms with van der Waals surface area (Å²) in [6.45, 7) is 5.98. The molecule has 0 spiro atoms. The van der Waals surface area contributed by atoms with Crippen molar-refractivity contribution >= 4 is 22.6 Å². The smallest absolute Gasteiger partial charge is 0.337 e. The van der Waals surface area contributed by atoms with Crippen molar-refractivity contribution in [1.82, 2.24) is 14.5 Å². The molecule has 0 amide bonds. The number of piperazine rings is 1. The summed E-state index contributed by atoms with van der Waals surface area (Å²) in [4.78, 5) is 34.9. The molecule has 7 nitrogen and oxygen atoms in total. The zero-order valence-electron chi connectivity index (χ0n) is 18.6. The molecule has 0 unspecified atom stereocenters. The molecule has 1 aromatic heterocycles. The van der Waals surface area contributed by atoms with Gasteiger partial charge in [-0.25, -0.2) is 9.78 Å². The van der Waals surface area contributed by atoms with E-state index in [0.29, 0.717) is 22.2 Å². The predicted molar refractivity (Wildman–Crippen MR) is 125 cm³/mol. The number of nitrogens with zero attached hydrogens (tertiary/aromatic N) is 4. The Morgan fingerprint density at radius 1 is 1.06 bits per heavy atom. The molecule has 1 aliphatic heterocycles. The van der Waals surface area contributed by atoms with E-state index < -0.39 is 5.97 Å². The lowest BCUT2D eigenvalue weighted by Gasteiger charge is -2.43. The van der Waals surface area contributed by atoms with Crippen molar-refractivity contribution in [3.63, 3.8) is 0 Å². The van der Waals surface area contributed by atoms with E-state index in [1.54, 1.807) is 12.1 Å². The summed E-state index contributed by atoms with van der Waals surface area (Å²) in [5.41, 5.74) is 3.50. The lowest BCUT2D eigenvalue weighted by molar-refractivity contribution is 0.0600. The lowest BCUT2D eigenvalue weighted by atomic mass is 9.91. The van der Waals surface area contributed by atoms with Gasteiger partial charge in [-0.15, -0.1) is 0 Å². The summed E-state index contributed by atoms with van der Waals surface area (Å²) in [6.07, 6.45) is 5.55. The second-order valence-electron chi connectivity index (χ2n) is 8.72. The molecule has 2 aromatic carbocycles. The standard InChI is InChI=1S/C25H28N4O3/c1-17-6-7-18(25(31)32-2)14-23(17)29-16-26-22-9-8-20(15-21(22)24(29)30)28-12-10-27(11-13-28)19-4-3-5-19/h6-9,14-16,19H,3-5,10-13H2,1-2H3. The molecule has 5 rings (SSSR count). The van der Waals surface area contributed by atoms with Crippen LogP contribution in [0.25, 0.3) is 16.6 Å². The number of methoxy groups -OCH3 is 1. The fraction of sp³-hybridized carbons (Fsp3) is 0.400. The second kappa shape index (κ2) is 8.39. The van der Waals surface area contributed by atoms with Crippen LogP contribution in [0.2, 0.25) is 0 Å². The van der Waals surface area contributed by atoms with Gasteiger partial charge in [0.15, 0.2) is 0 Å². The number of rotatable bonds is 4. The van der Waals surface area contributed by atoms with Gasteiger partial charge in [0.25, 0.3) is 5.56 Å². The van der Waals surface area contributed by atoms with Crippen molar-refractivity contribution in [1.29, 1.82) is 0 Å². The summed E-state index contributed by atoms with van der Waals surface area (Å²) in [7, 11) is 1.35. The highest BCUT2D eigenvalue weighted by Gasteiger charge is 2.28. The van der Waals surface area contributed by atoms with Crippen molar-refractivity contribution < 1.29 is 9.53 Å². The Balaban J connectivity index is 1.47. The Morgan fingerprint density at radius 2 is 1.84 bits per heavy atom. The zero-order valence-corrected chi connectivity index (χ0v) is 18.6. The molecular weight excluding hydrogens is 404 g/mol. The minimum absolute atomic E-state index is 0.143. The molecule has 1 saturated carbocycles. The number of hydrogen-bond acceptors (Lipinski definition) is 6. The van der Waals surface area contributed by atoms with Gasteiger partial charge in [-0.3, -0.25) is 14.3 Å². The number of aryl methyl sites for hydroxylation is 1. The number of aromatic nitrogens is 2. The maximum atomic E-state index is 13.4. The summed E-state index contributed by atoms with van der Waals surface area (Å²) >= 11 is 0. The van der Waals surface area contributed by atoms with Crippen molar-refractivity contribution in [2.75, 3.05) is 38.2 Å². The Bertz CT molecular complexity index is 1220. The van der Waals surface area contributed by atoms with Crippen molar-refractivity contribution in [3.05, 3.63) is 64.2 Å². The minimum Gasteiger partial charge on any atom is -0.465 e. The number of fused-ring (bicyclic) bond motifs is 1. The molecule has 0 radical (unpaired) electrons. The molecule has 0 atom stereocenters. The minimum atomic E-state index is -0.434. The third-order valence-corrected chi connectivity index (χ3v) is 6.90. The Labute approximate surface area is 187 Å². The quantitative estimate of drug-likeness (QED) is 0.590. The van der Waals surface area contributed by atoms with Crippen molar-refractivity contribution in [3.8, 4) is 5.69 Å². The third kappa shape index (κ3) is 3.66. The van der Waals surface area contributed by atoms with Gasteiger partial charge in [0.1, 0.15) is 6.33 Å². The van der Waals surface area contributed by atoms with Crippen LogP contribution in [-0.4, -0.2) is 59.8 Å². The summed E-state index contributed by atoms with van der Waals surface area (Å²) in [5, 5.41) is 0.578. The monoisotopic (exact) mass is 432 g/mol. The van der Waals surface area contributed by atoms with Crippen LogP contribution in [0.5, 0.6) is 0 Å². The highest BCUT2D eigenvalue weighted by atomic mass is 16.5. The van der Waals surface area contributed by atoms with E-state index in [9.17, 15) is 9.59 Å². The highest BCUT2D eigenvalue weighted by Crippen LogP contribution is 2.27. The first-order valence-electron chi connectivity index (χ1n) is 11.2. The van der Waals surface area contributed by atoms with Crippen LogP contribution >= 0.6 is 0 Å². The van der Waals surface area contributed by atoms with E-state index in [1.807, 2.05) is 25.1 Å². The van der Waals surface area contributed by atoms with Crippen LogP contribution in [0.15, 0.2) is 47.5 Å². The fourth-order valence-electron chi connectivity index (χ4n) is 4.69. The molecule has 1 aliphatic carbocycles. The SMILES string of the molecule is COC(=O)c1ccc(C)c(-n2cnc3ccc(N4CCN(C5CCC5)CC4)cc3c2=O)c1. The molecule has 166 valence electrons. The fourth-order valence-corrected chi connectivity index (χ4v) is 4.69. The predicted octanol–water partition coefficient (Wildman–Crippen LogP) is 3.16. The average molecular weight is 433 g/mol.